The molecular formula is C32H49ClN8O8. The maximum atomic E-state index is 12.0. The van der Waals surface area contributed by atoms with E-state index in [1.54, 1.807) is 29.7 Å². The highest BCUT2D eigenvalue weighted by molar-refractivity contribution is 6.29. The van der Waals surface area contributed by atoms with E-state index in [1.807, 2.05) is 41.5 Å². The molecule has 0 unspecified atom stereocenters. The average Bonchev–Trinajstić information content (AvgIpc) is 2.96. The Hall–Kier alpha value is -4.31. The van der Waals surface area contributed by atoms with Crippen molar-refractivity contribution in [1.29, 1.82) is 0 Å². The Bertz CT molecular complexity index is 1450. The lowest BCUT2D eigenvalue weighted by Gasteiger charge is -2.33. The van der Waals surface area contributed by atoms with Crippen LogP contribution in [-0.4, -0.2) is 91.3 Å². The van der Waals surface area contributed by atoms with Crippen LogP contribution in [0.15, 0.2) is 24.3 Å². The van der Waals surface area contributed by atoms with Crippen LogP contribution in [0.3, 0.4) is 0 Å². The van der Waals surface area contributed by atoms with Crippen LogP contribution in [0.25, 0.3) is 0 Å². The van der Waals surface area contributed by atoms with E-state index in [4.69, 9.17) is 26.8 Å². The highest BCUT2D eigenvalue weighted by atomic mass is 35.5. The molecule has 4 rings (SSSR count). The van der Waals surface area contributed by atoms with Crippen molar-refractivity contribution in [3.05, 3.63) is 61.0 Å². The molecule has 0 bridgehead atoms. The summed E-state index contributed by atoms with van der Waals surface area (Å²) in [5, 5.41) is 24.6. The number of aryl methyl sites for hydroxylation is 2. The van der Waals surface area contributed by atoms with Crippen molar-refractivity contribution in [3.63, 3.8) is 0 Å². The third-order valence-electron chi connectivity index (χ3n) is 7.17. The highest BCUT2D eigenvalue weighted by Gasteiger charge is 2.28. The second-order valence-electron chi connectivity index (χ2n) is 13.7. The monoisotopic (exact) mass is 708 g/mol. The average molecular weight is 709 g/mol. The first-order chi connectivity index (χ1) is 22.6. The van der Waals surface area contributed by atoms with E-state index in [0.29, 0.717) is 30.3 Å². The maximum Gasteiger partial charge on any atom is 0.410 e. The predicted octanol–water partition coefficient (Wildman–Crippen LogP) is 6.41. The largest absolute Gasteiger partial charge is 0.444 e. The molecular weight excluding hydrogens is 660 g/mol. The van der Waals surface area contributed by atoms with E-state index in [1.165, 1.54) is 18.2 Å². The highest BCUT2D eigenvalue weighted by Crippen LogP contribution is 2.22. The number of nitrogens with one attached hydrogen (secondary N) is 1. The lowest BCUT2D eigenvalue weighted by molar-refractivity contribution is -0.385. The molecule has 0 spiro atoms. The first-order valence-electron chi connectivity index (χ1n) is 16.0. The van der Waals surface area contributed by atoms with Gasteiger partial charge in [-0.2, -0.15) is 0 Å². The Balaban J connectivity index is 0.000000282. The van der Waals surface area contributed by atoms with E-state index in [0.717, 1.165) is 38.8 Å². The number of amides is 2. The molecule has 16 nitrogen and oxygen atoms in total. The minimum absolute atomic E-state index is 0.00519. The van der Waals surface area contributed by atoms with Gasteiger partial charge in [0.15, 0.2) is 0 Å². The zero-order valence-electron chi connectivity index (χ0n) is 29.5. The molecule has 2 aromatic rings. The van der Waals surface area contributed by atoms with Crippen molar-refractivity contribution in [1.82, 2.24) is 19.8 Å². The molecule has 0 radical (unpaired) electrons. The van der Waals surface area contributed by atoms with Gasteiger partial charge in [0.05, 0.1) is 9.85 Å². The third kappa shape index (κ3) is 14.8. The first-order valence-corrected chi connectivity index (χ1v) is 16.4. The Morgan fingerprint density at radius 2 is 1.20 bits per heavy atom. The molecule has 2 aromatic heterocycles. The molecule has 2 aliphatic heterocycles. The minimum Gasteiger partial charge on any atom is -0.444 e. The van der Waals surface area contributed by atoms with Crippen LogP contribution in [0.5, 0.6) is 0 Å². The zero-order valence-corrected chi connectivity index (χ0v) is 30.3. The number of carbonyl (C=O) groups is 2. The van der Waals surface area contributed by atoms with E-state index in [9.17, 15) is 29.8 Å². The van der Waals surface area contributed by atoms with Gasteiger partial charge in [0.25, 0.3) is 11.4 Å². The van der Waals surface area contributed by atoms with Gasteiger partial charge in [-0.15, -0.1) is 0 Å². The maximum absolute atomic E-state index is 12.0. The number of likely N-dealkylation sites (tertiary alicyclic amines) is 2. The number of carbonyl (C=O) groups excluding carboxylic acids is 2. The van der Waals surface area contributed by atoms with Crippen LogP contribution in [0, 0.1) is 34.1 Å². The van der Waals surface area contributed by atoms with Crippen molar-refractivity contribution in [2.75, 3.05) is 31.5 Å². The van der Waals surface area contributed by atoms with Crippen LogP contribution < -0.4 is 11.1 Å². The number of nitrogens with zero attached hydrogens (tertiary/aromatic N) is 6. The van der Waals surface area contributed by atoms with Crippen LogP contribution in [0.2, 0.25) is 5.15 Å². The summed E-state index contributed by atoms with van der Waals surface area (Å²) in [6.45, 7) is 17.0. The second-order valence-corrected chi connectivity index (χ2v) is 14.1. The number of hydrogen-bond acceptors (Lipinski definition) is 12. The quantitative estimate of drug-likeness (QED) is 0.201. The lowest BCUT2D eigenvalue weighted by atomic mass is 10.1. The molecule has 2 aliphatic rings. The van der Waals surface area contributed by atoms with Gasteiger partial charge in [0.2, 0.25) is 0 Å². The van der Waals surface area contributed by atoms with Crippen LogP contribution in [0.1, 0.15) is 78.6 Å². The van der Waals surface area contributed by atoms with Crippen molar-refractivity contribution in [3.8, 4) is 0 Å². The molecule has 2 fully saturated rings. The van der Waals surface area contributed by atoms with E-state index < -0.39 is 21.0 Å². The summed E-state index contributed by atoms with van der Waals surface area (Å²) in [5.41, 5.74) is 5.58. The predicted molar refractivity (Wildman–Crippen MR) is 186 cm³/mol. The summed E-state index contributed by atoms with van der Waals surface area (Å²) in [6.07, 6.45) is 2.79. The molecule has 2 amide bonds. The summed E-state index contributed by atoms with van der Waals surface area (Å²) >= 11 is 5.49. The topological polar surface area (TPSA) is 209 Å². The molecule has 0 aromatic carbocycles. The van der Waals surface area contributed by atoms with Crippen LogP contribution in [-0.2, 0) is 9.47 Å². The molecule has 0 saturated carbocycles. The molecule has 272 valence electrons. The van der Waals surface area contributed by atoms with Crippen LogP contribution >= 0.6 is 11.6 Å². The molecule has 2 saturated heterocycles. The SMILES string of the molecule is CC(C)(C)OC(=O)N1CCC(N)CC1.Cc1nc(Cl)ccc1[N+](=O)[O-].Cc1nc(NC2CCN(C(=O)OC(C)(C)C)CC2)ccc1[N+](=O)[O-]. The standard InChI is InChI=1S/C16H24N4O4.C10H20N2O2.C6H5ClN2O2/c1-11-13(20(22)23)5-6-14(17-11)18-12-7-9-19(10-8-12)15(21)24-16(2,3)4;1-10(2,3)14-9(13)12-6-4-8(11)5-7-12;1-4-5(9(10)11)2-3-6(7)8-4/h5-6,12H,7-10H2,1-4H3,(H,17,18);8H,4-7,11H2,1-3H3;2-3H,1H3. The minimum atomic E-state index is -0.494. The Morgan fingerprint density at radius 3 is 1.59 bits per heavy atom. The summed E-state index contributed by atoms with van der Waals surface area (Å²) in [6, 6.07) is 6.23. The number of halogens is 1. The van der Waals surface area contributed by atoms with Crippen molar-refractivity contribution in [2.24, 2.45) is 5.73 Å². The van der Waals surface area contributed by atoms with Gasteiger partial charge in [-0.1, -0.05) is 11.6 Å². The summed E-state index contributed by atoms with van der Waals surface area (Å²) in [4.78, 5) is 55.2. The number of hydrogen-bond donors (Lipinski definition) is 2. The normalized spacial score (nSPS) is 15.6. The summed E-state index contributed by atoms with van der Waals surface area (Å²) < 4.78 is 10.6. The van der Waals surface area contributed by atoms with Crippen LogP contribution in [0.4, 0.5) is 26.8 Å². The molecule has 4 heterocycles. The zero-order chi connectivity index (χ0) is 37.1. The Morgan fingerprint density at radius 1 is 0.796 bits per heavy atom. The van der Waals surface area contributed by atoms with Gasteiger partial charge in [-0.3, -0.25) is 20.2 Å². The number of nitro groups is 2. The third-order valence-corrected chi connectivity index (χ3v) is 7.38. The molecule has 17 heteroatoms. The fourth-order valence-electron chi connectivity index (χ4n) is 4.69. The first kappa shape index (κ1) is 40.9. The van der Waals surface area contributed by atoms with Gasteiger partial charge in [0.1, 0.15) is 33.6 Å². The number of aromatic nitrogens is 2. The smallest absolute Gasteiger partial charge is 0.410 e. The molecule has 49 heavy (non-hydrogen) atoms. The fourth-order valence-corrected chi connectivity index (χ4v) is 4.88. The van der Waals surface area contributed by atoms with Crippen molar-refractivity contribution < 1.29 is 28.9 Å². The van der Waals surface area contributed by atoms with Gasteiger partial charge < -0.3 is 30.3 Å². The molecule has 0 atom stereocenters. The summed E-state index contributed by atoms with van der Waals surface area (Å²) in [7, 11) is 0. The number of piperidine rings is 2. The van der Waals surface area contributed by atoms with Crippen molar-refractivity contribution in [2.45, 2.75) is 104 Å². The molecule has 0 aliphatic carbocycles. The van der Waals surface area contributed by atoms with Gasteiger partial charge >= 0.3 is 12.2 Å². The number of anilines is 1. The fraction of sp³-hybridized carbons (Fsp3) is 0.625. The summed E-state index contributed by atoms with van der Waals surface area (Å²) in [5.74, 6) is 0.619. The number of ether oxygens (including phenoxy) is 2. The van der Waals surface area contributed by atoms with Gasteiger partial charge in [0, 0.05) is 50.4 Å². The van der Waals surface area contributed by atoms with E-state index >= 15 is 0 Å². The van der Waals surface area contributed by atoms with E-state index in [-0.39, 0.29) is 40.8 Å². The van der Waals surface area contributed by atoms with Gasteiger partial charge in [-0.05, 0) is 93.2 Å². The van der Waals surface area contributed by atoms with Gasteiger partial charge in [-0.25, -0.2) is 19.6 Å². The van der Waals surface area contributed by atoms with Crippen molar-refractivity contribution >= 4 is 41.0 Å². The Labute approximate surface area is 292 Å². The second kappa shape index (κ2) is 17.9. The Kier molecular flexibility index (Phi) is 14.9. The molecule has 3 N–H and O–H groups in total. The lowest BCUT2D eigenvalue weighted by Crippen LogP contribution is -2.44. The van der Waals surface area contributed by atoms with E-state index in [2.05, 4.69) is 15.3 Å². The number of rotatable bonds is 4. The number of pyridine rings is 2. The number of nitrogens with two attached hydrogens (primary N) is 1.